The zero-order valence-corrected chi connectivity index (χ0v) is 14.5. The second-order valence-electron chi connectivity index (χ2n) is 7.15. The van der Waals surface area contributed by atoms with Crippen molar-refractivity contribution in [3.8, 4) is 0 Å². The molecule has 3 heterocycles. The van der Waals surface area contributed by atoms with E-state index >= 15 is 0 Å². The Balaban J connectivity index is 1.40. The van der Waals surface area contributed by atoms with Crippen molar-refractivity contribution in [2.45, 2.75) is 56.5 Å². The number of piperidine rings is 1. The molecule has 134 valence electrons. The number of nitrogens with zero attached hydrogens (tertiary/aromatic N) is 4. The summed E-state index contributed by atoms with van der Waals surface area (Å²) in [4.78, 5) is 22.4. The van der Waals surface area contributed by atoms with Crippen LogP contribution in [0.1, 0.15) is 56.3 Å². The summed E-state index contributed by atoms with van der Waals surface area (Å²) >= 11 is 0. The third kappa shape index (κ3) is 3.55. The van der Waals surface area contributed by atoms with Crippen LogP contribution in [0.5, 0.6) is 0 Å². The second-order valence-corrected chi connectivity index (χ2v) is 7.15. The first-order valence-corrected chi connectivity index (χ1v) is 9.35. The number of H-pyrrole nitrogens is 1. The number of urea groups is 1. The summed E-state index contributed by atoms with van der Waals surface area (Å²) in [7, 11) is 0. The van der Waals surface area contributed by atoms with E-state index < -0.39 is 0 Å². The Labute approximate surface area is 147 Å². The molecule has 0 radical (unpaired) electrons. The number of likely N-dealkylation sites (tertiary alicyclic amines) is 1. The first kappa shape index (κ1) is 16.2. The molecular formula is C18H26N6O. The van der Waals surface area contributed by atoms with Crippen LogP contribution in [0, 0.1) is 0 Å². The molecule has 1 aliphatic carbocycles. The molecule has 0 bridgehead atoms. The average molecular weight is 342 g/mol. The van der Waals surface area contributed by atoms with Crippen molar-refractivity contribution in [2.75, 3.05) is 13.1 Å². The van der Waals surface area contributed by atoms with E-state index in [9.17, 15) is 4.79 Å². The molecule has 0 spiro atoms. The normalized spacial score (nSPS) is 27.2. The molecule has 1 saturated carbocycles. The van der Waals surface area contributed by atoms with Crippen LogP contribution in [0.4, 0.5) is 4.79 Å². The van der Waals surface area contributed by atoms with Crippen molar-refractivity contribution in [1.29, 1.82) is 0 Å². The fourth-order valence-corrected chi connectivity index (χ4v) is 4.21. The SMILES string of the molecule is O=C(NC1CCCCC1n1cccn1)N1CCCC(c2ncc[nH]2)C1. The number of carbonyl (C=O) groups is 1. The highest BCUT2D eigenvalue weighted by Crippen LogP contribution is 2.29. The van der Waals surface area contributed by atoms with E-state index in [0.29, 0.717) is 5.92 Å². The Morgan fingerprint density at radius 2 is 2.12 bits per heavy atom. The molecule has 2 aliphatic rings. The summed E-state index contributed by atoms with van der Waals surface area (Å²) < 4.78 is 2.01. The zero-order valence-electron chi connectivity index (χ0n) is 14.5. The first-order chi connectivity index (χ1) is 12.3. The van der Waals surface area contributed by atoms with Crippen molar-refractivity contribution in [2.24, 2.45) is 0 Å². The van der Waals surface area contributed by atoms with Crippen LogP contribution in [0.15, 0.2) is 30.9 Å². The van der Waals surface area contributed by atoms with Crippen LogP contribution < -0.4 is 5.32 Å². The van der Waals surface area contributed by atoms with Gasteiger partial charge in [-0.3, -0.25) is 4.68 Å². The quantitative estimate of drug-likeness (QED) is 0.900. The van der Waals surface area contributed by atoms with Gasteiger partial charge in [0.15, 0.2) is 0 Å². The molecular weight excluding hydrogens is 316 g/mol. The predicted octanol–water partition coefficient (Wildman–Crippen LogP) is 2.68. The molecule has 4 rings (SSSR count). The second kappa shape index (κ2) is 7.29. The van der Waals surface area contributed by atoms with Crippen molar-refractivity contribution < 1.29 is 4.79 Å². The fourth-order valence-electron chi connectivity index (χ4n) is 4.21. The molecule has 7 heteroatoms. The lowest BCUT2D eigenvalue weighted by Gasteiger charge is -2.36. The molecule has 7 nitrogen and oxygen atoms in total. The van der Waals surface area contributed by atoms with E-state index in [-0.39, 0.29) is 18.1 Å². The third-order valence-corrected chi connectivity index (χ3v) is 5.52. The summed E-state index contributed by atoms with van der Waals surface area (Å²) in [5.74, 6) is 1.30. The smallest absolute Gasteiger partial charge is 0.317 e. The number of amides is 2. The van der Waals surface area contributed by atoms with Crippen molar-refractivity contribution in [3.05, 3.63) is 36.7 Å². The van der Waals surface area contributed by atoms with Crippen LogP contribution in [0.3, 0.4) is 0 Å². The highest BCUT2D eigenvalue weighted by atomic mass is 16.2. The number of aromatic amines is 1. The number of imidazole rings is 1. The van der Waals surface area contributed by atoms with Gasteiger partial charge in [0.25, 0.3) is 0 Å². The molecule has 2 amide bonds. The summed E-state index contributed by atoms with van der Waals surface area (Å²) in [6.45, 7) is 1.56. The van der Waals surface area contributed by atoms with Gasteiger partial charge < -0.3 is 15.2 Å². The molecule has 3 unspecified atom stereocenters. The molecule has 3 atom stereocenters. The number of hydrogen-bond acceptors (Lipinski definition) is 3. The number of rotatable bonds is 3. The van der Waals surface area contributed by atoms with Gasteiger partial charge in [-0.15, -0.1) is 0 Å². The van der Waals surface area contributed by atoms with E-state index in [0.717, 1.165) is 51.0 Å². The maximum atomic E-state index is 12.9. The maximum Gasteiger partial charge on any atom is 0.317 e. The van der Waals surface area contributed by atoms with Gasteiger partial charge >= 0.3 is 6.03 Å². The molecule has 2 N–H and O–H groups in total. The lowest BCUT2D eigenvalue weighted by molar-refractivity contribution is 0.162. The summed E-state index contributed by atoms with van der Waals surface area (Å²) in [5.41, 5.74) is 0. The number of nitrogens with one attached hydrogen (secondary N) is 2. The summed E-state index contributed by atoms with van der Waals surface area (Å²) in [6.07, 6.45) is 14.0. The molecule has 2 aromatic rings. The van der Waals surface area contributed by atoms with E-state index in [1.807, 2.05) is 34.2 Å². The van der Waals surface area contributed by atoms with E-state index in [4.69, 9.17) is 0 Å². The highest BCUT2D eigenvalue weighted by molar-refractivity contribution is 5.74. The van der Waals surface area contributed by atoms with Gasteiger partial charge in [0, 0.05) is 43.8 Å². The van der Waals surface area contributed by atoms with Gasteiger partial charge in [0.2, 0.25) is 0 Å². The van der Waals surface area contributed by atoms with Crippen LogP contribution in [-0.2, 0) is 0 Å². The number of hydrogen-bond donors (Lipinski definition) is 2. The van der Waals surface area contributed by atoms with Crippen LogP contribution >= 0.6 is 0 Å². The van der Waals surface area contributed by atoms with Gasteiger partial charge in [0.05, 0.1) is 12.1 Å². The molecule has 2 fully saturated rings. The average Bonchev–Trinajstić information content (AvgIpc) is 3.36. The lowest BCUT2D eigenvalue weighted by Crippen LogP contribution is -2.51. The van der Waals surface area contributed by atoms with Gasteiger partial charge in [-0.05, 0) is 31.7 Å². The number of aromatic nitrogens is 4. The van der Waals surface area contributed by atoms with E-state index in [2.05, 4.69) is 20.4 Å². The largest absolute Gasteiger partial charge is 0.348 e. The highest BCUT2D eigenvalue weighted by Gasteiger charge is 2.31. The summed E-state index contributed by atoms with van der Waals surface area (Å²) in [6, 6.07) is 2.43. The Bertz CT molecular complexity index is 668. The van der Waals surface area contributed by atoms with Gasteiger partial charge in [-0.1, -0.05) is 12.8 Å². The maximum absolute atomic E-state index is 12.9. The van der Waals surface area contributed by atoms with Crippen LogP contribution in [0.2, 0.25) is 0 Å². The van der Waals surface area contributed by atoms with Gasteiger partial charge in [0.1, 0.15) is 5.82 Å². The Morgan fingerprint density at radius 3 is 2.92 bits per heavy atom. The third-order valence-electron chi connectivity index (χ3n) is 5.52. The lowest BCUT2D eigenvalue weighted by atomic mass is 9.90. The zero-order chi connectivity index (χ0) is 17.1. The standard InChI is InChI=1S/C18H26N6O/c25-18(23-11-3-5-14(13-23)17-19-9-10-20-17)22-15-6-1-2-7-16(15)24-12-4-8-21-24/h4,8-10,12,14-16H,1-3,5-7,11,13H2,(H,19,20)(H,22,25). The molecule has 2 aromatic heterocycles. The topological polar surface area (TPSA) is 78.8 Å². The fraction of sp³-hybridized carbons (Fsp3) is 0.611. The molecule has 0 aromatic carbocycles. The first-order valence-electron chi connectivity index (χ1n) is 9.35. The summed E-state index contributed by atoms with van der Waals surface area (Å²) in [5, 5.41) is 7.68. The van der Waals surface area contributed by atoms with Crippen molar-refractivity contribution in [1.82, 2.24) is 30.0 Å². The minimum atomic E-state index is 0.0558. The predicted molar refractivity (Wildman–Crippen MR) is 94.2 cm³/mol. The van der Waals surface area contributed by atoms with Crippen molar-refractivity contribution in [3.63, 3.8) is 0 Å². The van der Waals surface area contributed by atoms with Gasteiger partial charge in [-0.25, -0.2) is 9.78 Å². The Morgan fingerprint density at radius 1 is 1.20 bits per heavy atom. The Kier molecular flexibility index (Phi) is 4.72. The van der Waals surface area contributed by atoms with Crippen molar-refractivity contribution >= 4 is 6.03 Å². The van der Waals surface area contributed by atoms with Crippen LogP contribution in [-0.4, -0.2) is 49.8 Å². The van der Waals surface area contributed by atoms with Gasteiger partial charge in [-0.2, -0.15) is 5.10 Å². The monoisotopic (exact) mass is 342 g/mol. The van der Waals surface area contributed by atoms with E-state index in [1.54, 1.807) is 6.20 Å². The van der Waals surface area contributed by atoms with E-state index in [1.165, 1.54) is 6.42 Å². The molecule has 1 aliphatic heterocycles. The minimum absolute atomic E-state index is 0.0558. The minimum Gasteiger partial charge on any atom is -0.348 e. The van der Waals surface area contributed by atoms with Crippen LogP contribution in [0.25, 0.3) is 0 Å². The Hall–Kier alpha value is -2.31. The number of carbonyl (C=O) groups excluding carboxylic acids is 1. The molecule has 1 saturated heterocycles. The molecule has 25 heavy (non-hydrogen) atoms.